The summed E-state index contributed by atoms with van der Waals surface area (Å²) in [5.74, 6) is 0.812. The molecule has 1 aromatic heterocycles. The SMILES string of the molecule is CC(C)(N)CNC(=O)CCc1nc(-c2ccc(Cl)cc2)no1.Cl. The molecular formula is C15H20Cl2N4O2. The molecule has 0 radical (unpaired) electrons. The topological polar surface area (TPSA) is 94.0 Å². The van der Waals surface area contributed by atoms with Gasteiger partial charge in [0.15, 0.2) is 0 Å². The fraction of sp³-hybridized carbons (Fsp3) is 0.400. The van der Waals surface area contributed by atoms with E-state index >= 15 is 0 Å². The average molecular weight is 359 g/mol. The van der Waals surface area contributed by atoms with Crippen LogP contribution in [0.2, 0.25) is 5.02 Å². The number of benzene rings is 1. The fourth-order valence-electron chi connectivity index (χ4n) is 1.71. The number of nitrogens with zero attached hydrogens (tertiary/aromatic N) is 2. The molecule has 1 amide bonds. The molecule has 8 heteroatoms. The van der Waals surface area contributed by atoms with Crippen LogP contribution >= 0.6 is 24.0 Å². The van der Waals surface area contributed by atoms with E-state index in [1.54, 1.807) is 12.1 Å². The summed E-state index contributed by atoms with van der Waals surface area (Å²) in [7, 11) is 0. The number of hydrogen-bond donors (Lipinski definition) is 2. The molecule has 126 valence electrons. The molecule has 0 saturated carbocycles. The van der Waals surface area contributed by atoms with Crippen molar-refractivity contribution in [3.63, 3.8) is 0 Å². The number of rotatable bonds is 6. The zero-order valence-corrected chi connectivity index (χ0v) is 14.6. The molecule has 1 heterocycles. The minimum atomic E-state index is -0.429. The minimum absolute atomic E-state index is 0. The Morgan fingerprint density at radius 2 is 2.00 bits per heavy atom. The zero-order valence-electron chi connectivity index (χ0n) is 13.0. The van der Waals surface area contributed by atoms with Crippen LogP contribution in [-0.4, -0.2) is 28.1 Å². The second-order valence-electron chi connectivity index (χ2n) is 5.78. The molecule has 0 spiro atoms. The first kappa shape index (κ1) is 19.4. The van der Waals surface area contributed by atoms with Gasteiger partial charge in [0.05, 0.1) is 0 Å². The van der Waals surface area contributed by atoms with Crippen molar-refractivity contribution in [1.82, 2.24) is 15.5 Å². The summed E-state index contributed by atoms with van der Waals surface area (Å²) in [4.78, 5) is 16.0. The molecule has 0 saturated heterocycles. The van der Waals surface area contributed by atoms with E-state index in [1.165, 1.54) is 0 Å². The van der Waals surface area contributed by atoms with Crippen LogP contribution in [0.5, 0.6) is 0 Å². The molecular weight excluding hydrogens is 339 g/mol. The van der Waals surface area contributed by atoms with E-state index in [0.29, 0.717) is 29.7 Å². The van der Waals surface area contributed by atoms with Crippen LogP contribution in [0.4, 0.5) is 0 Å². The summed E-state index contributed by atoms with van der Waals surface area (Å²) in [6, 6.07) is 7.14. The average Bonchev–Trinajstić information content (AvgIpc) is 2.92. The van der Waals surface area contributed by atoms with Gasteiger partial charge in [-0.05, 0) is 38.1 Å². The third kappa shape index (κ3) is 6.56. The number of hydrogen-bond acceptors (Lipinski definition) is 5. The number of amides is 1. The molecule has 0 aliphatic carbocycles. The van der Waals surface area contributed by atoms with Crippen molar-refractivity contribution in [2.45, 2.75) is 32.2 Å². The van der Waals surface area contributed by atoms with E-state index in [0.717, 1.165) is 5.56 Å². The van der Waals surface area contributed by atoms with Gasteiger partial charge in [0, 0.05) is 35.5 Å². The van der Waals surface area contributed by atoms with Crippen LogP contribution < -0.4 is 11.1 Å². The van der Waals surface area contributed by atoms with Gasteiger partial charge >= 0.3 is 0 Å². The van der Waals surface area contributed by atoms with E-state index < -0.39 is 5.54 Å². The lowest BCUT2D eigenvalue weighted by Crippen LogP contribution is -2.45. The van der Waals surface area contributed by atoms with Gasteiger partial charge < -0.3 is 15.6 Å². The highest BCUT2D eigenvalue weighted by atomic mass is 35.5. The number of nitrogens with two attached hydrogens (primary N) is 1. The third-order valence-electron chi connectivity index (χ3n) is 2.88. The highest BCUT2D eigenvalue weighted by molar-refractivity contribution is 6.30. The van der Waals surface area contributed by atoms with Crippen LogP contribution in [-0.2, 0) is 11.2 Å². The van der Waals surface area contributed by atoms with E-state index in [4.69, 9.17) is 21.9 Å². The van der Waals surface area contributed by atoms with Gasteiger partial charge in [0.25, 0.3) is 0 Å². The minimum Gasteiger partial charge on any atom is -0.354 e. The van der Waals surface area contributed by atoms with Crippen molar-refractivity contribution < 1.29 is 9.32 Å². The van der Waals surface area contributed by atoms with Gasteiger partial charge in [-0.1, -0.05) is 16.8 Å². The second kappa shape index (κ2) is 8.29. The predicted octanol–water partition coefficient (Wildman–Crippen LogP) is 2.60. The smallest absolute Gasteiger partial charge is 0.227 e. The fourth-order valence-corrected chi connectivity index (χ4v) is 1.83. The highest BCUT2D eigenvalue weighted by Crippen LogP contribution is 2.18. The maximum atomic E-state index is 11.7. The number of carbonyl (C=O) groups excluding carboxylic acids is 1. The largest absolute Gasteiger partial charge is 0.354 e. The summed E-state index contributed by atoms with van der Waals surface area (Å²) in [6.45, 7) is 4.12. The number of aromatic nitrogens is 2. The first-order valence-electron chi connectivity index (χ1n) is 6.97. The Hall–Kier alpha value is -1.63. The van der Waals surface area contributed by atoms with Gasteiger partial charge in [0.2, 0.25) is 17.6 Å². The standard InChI is InChI=1S/C15H19ClN4O2.ClH/c1-15(2,17)9-18-12(21)7-8-13-19-14(20-22-13)10-3-5-11(16)6-4-10;/h3-6H,7-9,17H2,1-2H3,(H,18,21);1H. The lowest BCUT2D eigenvalue weighted by Gasteiger charge is -2.18. The quantitative estimate of drug-likeness (QED) is 0.827. The molecule has 0 unspecified atom stereocenters. The Morgan fingerprint density at radius 3 is 2.61 bits per heavy atom. The van der Waals surface area contributed by atoms with Crippen LogP contribution in [0.15, 0.2) is 28.8 Å². The Kier molecular flexibility index (Phi) is 7.00. The summed E-state index contributed by atoms with van der Waals surface area (Å²) < 4.78 is 5.15. The maximum Gasteiger partial charge on any atom is 0.227 e. The molecule has 2 rings (SSSR count). The molecule has 0 bridgehead atoms. The third-order valence-corrected chi connectivity index (χ3v) is 3.13. The number of halogens is 2. The van der Waals surface area contributed by atoms with Gasteiger partial charge in [0.1, 0.15) is 0 Å². The van der Waals surface area contributed by atoms with Crippen LogP contribution in [0.3, 0.4) is 0 Å². The molecule has 23 heavy (non-hydrogen) atoms. The van der Waals surface area contributed by atoms with Crippen molar-refractivity contribution in [1.29, 1.82) is 0 Å². The molecule has 3 N–H and O–H groups in total. The lowest BCUT2D eigenvalue weighted by molar-refractivity contribution is -0.121. The summed E-state index contributed by atoms with van der Waals surface area (Å²) in [5, 5.41) is 7.31. The normalized spacial score (nSPS) is 11.0. The van der Waals surface area contributed by atoms with Gasteiger partial charge in [-0.15, -0.1) is 12.4 Å². The molecule has 0 atom stereocenters. The lowest BCUT2D eigenvalue weighted by atomic mass is 10.1. The Labute approximate surface area is 146 Å². The van der Waals surface area contributed by atoms with Crippen molar-refractivity contribution in [2.75, 3.05) is 6.54 Å². The summed E-state index contributed by atoms with van der Waals surface area (Å²) in [6.07, 6.45) is 0.662. The van der Waals surface area contributed by atoms with Crippen molar-refractivity contribution >= 4 is 29.9 Å². The second-order valence-corrected chi connectivity index (χ2v) is 6.22. The van der Waals surface area contributed by atoms with Gasteiger partial charge in [-0.2, -0.15) is 4.98 Å². The van der Waals surface area contributed by atoms with E-state index in [1.807, 2.05) is 26.0 Å². The number of carbonyl (C=O) groups is 1. The van der Waals surface area contributed by atoms with Crippen molar-refractivity contribution in [3.05, 3.63) is 35.2 Å². The number of aryl methyl sites for hydroxylation is 1. The van der Waals surface area contributed by atoms with Gasteiger partial charge in [-0.3, -0.25) is 4.79 Å². The zero-order chi connectivity index (χ0) is 16.2. The van der Waals surface area contributed by atoms with Crippen LogP contribution in [0.1, 0.15) is 26.2 Å². The first-order valence-corrected chi connectivity index (χ1v) is 7.35. The maximum absolute atomic E-state index is 11.7. The molecule has 0 fully saturated rings. The molecule has 0 aliphatic heterocycles. The van der Waals surface area contributed by atoms with E-state index in [-0.39, 0.29) is 24.7 Å². The predicted molar refractivity (Wildman–Crippen MR) is 91.6 cm³/mol. The molecule has 1 aromatic carbocycles. The summed E-state index contributed by atoms with van der Waals surface area (Å²) >= 11 is 5.83. The number of nitrogens with one attached hydrogen (secondary N) is 1. The van der Waals surface area contributed by atoms with Crippen LogP contribution in [0, 0.1) is 0 Å². The first-order chi connectivity index (χ1) is 10.3. The van der Waals surface area contributed by atoms with E-state index in [9.17, 15) is 4.79 Å². The molecule has 6 nitrogen and oxygen atoms in total. The monoisotopic (exact) mass is 358 g/mol. The Morgan fingerprint density at radius 1 is 1.35 bits per heavy atom. The van der Waals surface area contributed by atoms with Gasteiger partial charge in [-0.25, -0.2) is 0 Å². The van der Waals surface area contributed by atoms with Crippen LogP contribution in [0.25, 0.3) is 11.4 Å². The van der Waals surface area contributed by atoms with E-state index in [2.05, 4.69) is 15.5 Å². The Balaban J connectivity index is 0.00000264. The van der Waals surface area contributed by atoms with Crippen molar-refractivity contribution in [3.8, 4) is 11.4 Å². The Bertz CT molecular complexity index is 636. The molecule has 2 aromatic rings. The highest BCUT2D eigenvalue weighted by Gasteiger charge is 2.14. The van der Waals surface area contributed by atoms with Crippen molar-refractivity contribution in [2.24, 2.45) is 5.73 Å². The summed E-state index contributed by atoms with van der Waals surface area (Å²) in [5.41, 5.74) is 6.19. The molecule has 0 aliphatic rings.